The number of imidazole rings is 1. The third-order valence-electron chi connectivity index (χ3n) is 3.27. The molecular formula is C16H10N4. The van der Waals surface area contributed by atoms with E-state index in [0.29, 0.717) is 12.2 Å². The van der Waals surface area contributed by atoms with Crippen molar-refractivity contribution in [2.75, 3.05) is 0 Å². The van der Waals surface area contributed by atoms with Gasteiger partial charge in [0, 0.05) is 0 Å². The van der Waals surface area contributed by atoms with Gasteiger partial charge in [0.2, 0.25) is 0 Å². The lowest BCUT2D eigenvalue weighted by atomic mass is 10.0. The Hall–Kier alpha value is -3.11. The van der Waals surface area contributed by atoms with Crippen LogP contribution in [0.15, 0.2) is 48.8 Å². The van der Waals surface area contributed by atoms with Crippen LogP contribution < -0.4 is 0 Å². The van der Waals surface area contributed by atoms with Crippen LogP contribution >= 0.6 is 0 Å². The maximum absolute atomic E-state index is 9.15. The molecular weight excluding hydrogens is 248 g/mol. The number of benzene rings is 2. The van der Waals surface area contributed by atoms with Gasteiger partial charge in [-0.15, -0.1) is 0 Å². The largest absolute Gasteiger partial charge is 0.317 e. The van der Waals surface area contributed by atoms with Crippen LogP contribution in [0.2, 0.25) is 0 Å². The molecule has 94 valence electrons. The van der Waals surface area contributed by atoms with Crippen molar-refractivity contribution in [3.8, 4) is 12.1 Å². The van der Waals surface area contributed by atoms with Crippen molar-refractivity contribution in [2.45, 2.75) is 6.54 Å². The van der Waals surface area contributed by atoms with Gasteiger partial charge in [-0.05, 0) is 16.3 Å². The molecule has 0 amide bonds. The van der Waals surface area contributed by atoms with Crippen LogP contribution in [0.25, 0.3) is 10.8 Å². The SMILES string of the molecule is N#Cc1ncn(Cc2cccc3ccccc23)c1C#N. The Labute approximate surface area is 116 Å². The molecule has 0 spiro atoms. The van der Waals surface area contributed by atoms with Gasteiger partial charge >= 0.3 is 0 Å². The van der Waals surface area contributed by atoms with Gasteiger partial charge in [0.05, 0.1) is 12.9 Å². The average Bonchev–Trinajstić information content (AvgIpc) is 2.89. The Morgan fingerprint density at radius 1 is 1.00 bits per heavy atom. The summed E-state index contributed by atoms with van der Waals surface area (Å²) in [4.78, 5) is 3.96. The molecule has 3 rings (SSSR count). The number of nitriles is 2. The molecule has 1 aromatic heterocycles. The fourth-order valence-electron chi connectivity index (χ4n) is 2.32. The van der Waals surface area contributed by atoms with Crippen LogP contribution in [0.5, 0.6) is 0 Å². The summed E-state index contributed by atoms with van der Waals surface area (Å²) in [6, 6.07) is 18.1. The van der Waals surface area contributed by atoms with Gasteiger partial charge in [0.1, 0.15) is 12.1 Å². The summed E-state index contributed by atoms with van der Waals surface area (Å²) in [6.07, 6.45) is 1.54. The molecule has 4 nitrogen and oxygen atoms in total. The van der Waals surface area contributed by atoms with E-state index < -0.39 is 0 Å². The Kier molecular flexibility index (Phi) is 2.91. The Morgan fingerprint density at radius 3 is 2.60 bits per heavy atom. The molecule has 0 aliphatic carbocycles. The van der Waals surface area contributed by atoms with E-state index in [1.54, 1.807) is 10.9 Å². The molecule has 0 saturated heterocycles. The van der Waals surface area contributed by atoms with Crippen molar-refractivity contribution in [3.63, 3.8) is 0 Å². The van der Waals surface area contributed by atoms with E-state index in [-0.39, 0.29) is 5.69 Å². The van der Waals surface area contributed by atoms with Gasteiger partial charge in [0.15, 0.2) is 11.4 Å². The lowest BCUT2D eigenvalue weighted by Crippen LogP contribution is -2.02. The maximum Gasteiger partial charge on any atom is 0.176 e. The van der Waals surface area contributed by atoms with Crippen molar-refractivity contribution < 1.29 is 0 Å². The van der Waals surface area contributed by atoms with Gasteiger partial charge < -0.3 is 4.57 Å². The molecule has 0 unspecified atom stereocenters. The molecule has 0 aliphatic heterocycles. The quantitative estimate of drug-likeness (QED) is 0.709. The predicted molar refractivity (Wildman–Crippen MR) is 74.7 cm³/mol. The molecule has 0 saturated carbocycles. The second-order valence-corrected chi connectivity index (χ2v) is 4.43. The first-order valence-corrected chi connectivity index (χ1v) is 6.15. The monoisotopic (exact) mass is 258 g/mol. The second kappa shape index (κ2) is 4.87. The molecule has 0 bridgehead atoms. The third-order valence-corrected chi connectivity index (χ3v) is 3.27. The van der Waals surface area contributed by atoms with Gasteiger partial charge in [-0.1, -0.05) is 42.5 Å². The standard InChI is InChI=1S/C16H10N4/c17-8-15-16(9-18)20(11-19-15)10-13-6-3-5-12-4-1-2-7-14(12)13/h1-7,11H,10H2. The van der Waals surface area contributed by atoms with Gasteiger partial charge in [-0.3, -0.25) is 0 Å². The lowest BCUT2D eigenvalue weighted by molar-refractivity contribution is 0.790. The third kappa shape index (κ3) is 1.90. The summed E-state index contributed by atoms with van der Waals surface area (Å²) in [7, 11) is 0. The van der Waals surface area contributed by atoms with Crippen LogP contribution in [0, 0.1) is 22.7 Å². The van der Waals surface area contributed by atoms with E-state index in [0.717, 1.165) is 16.3 Å². The van der Waals surface area contributed by atoms with E-state index in [9.17, 15) is 0 Å². The first kappa shape index (κ1) is 12.0. The van der Waals surface area contributed by atoms with E-state index in [1.165, 1.54) is 0 Å². The molecule has 0 radical (unpaired) electrons. The molecule has 2 aromatic carbocycles. The summed E-state index contributed by atoms with van der Waals surface area (Å²) in [5, 5.41) is 20.4. The zero-order valence-corrected chi connectivity index (χ0v) is 10.6. The highest BCUT2D eigenvalue weighted by Gasteiger charge is 2.11. The van der Waals surface area contributed by atoms with Crippen molar-refractivity contribution in [2.24, 2.45) is 0 Å². The zero-order chi connectivity index (χ0) is 13.9. The van der Waals surface area contributed by atoms with Crippen LogP contribution in [0.3, 0.4) is 0 Å². The molecule has 20 heavy (non-hydrogen) atoms. The van der Waals surface area contributed by atoms with Crippen molar-refractivity contribution in [1.29, 1.82) is 10.5 Å². The number of nitrogens with zero attached hydrogens (tertiary/aromatic N) is 4. The van der Waals surface area contributed by atoms with E-state index in [1.807, 2.05) is 36.4 Å². The van der Waals surface area contributed by atoms with E-state index in [2.05, 4.69) is 23.2 Å². The lowest BCUT2D eigenvalue weighted by Gasteiger charge is -2.08. The number of hydrogen-bond acceptors (Lipinski definition) is 3. The number of rotatable bonds is 2. The number of fused-ring (bicyclic) bond motifs is 1. The fourth-order valence-corrected chi connectivity index (χ4v) is 2.32. The first-order valence-electron chi connectivity index (χ1n) is 6.15. The molecule has 0 aliphatic rings. The Morgan fingerprint density at radius 2 is 1.80 bits per heavy atom. The summed E-state index contributed by atoms with van der Waals surface area (Å²) >= 11 is 0. The maximum atomic E-state index is 9.15. The summed E-state index contributed by atoms with van der Waals surface area (Å²) in [6.45, 7) is 0.527. The zero-order valence-electron chi connectivity index (χ0n) is 10.6. The van der Waals surface area contributed by atoms with Crippen LogP contribution in [-0.2, 0) is 6.54 Å². The minimum absolute atomic E-state index is 0.174. The highest BCUT2D eigenvalue weighted by atomic mass is 15.1. The van der Waals surface area contributed by atoms with Crippen molar-refractivity contribution in [1.82, 2.24) is 9.55 Å². The van der Waals surface area contributed by atoms with Crippen molar-refractivity contribution >= 4 is 10.8 Å². The highest BCUT2D eigenvalue weighted by molar-refractivity contribution is 5.85. The van der Waals surface area contributed by atoms with Crippen LogP contribution in [-0.4, -0.2) is 9.55 Å². The highest BCUT2D eigenvalue weighted by Crippen LogP contribution is 2.20. The smallest absolute Gasteiger partial charge is 0.176 e. The fraction of sp³-hybridized carbons (Fsp3) is 0.0625. The van der Waals surface area contributed by atoms with E-state index >= 15 is 0 Å². The molecule has 3 aromatic rings. The summed E-state index contributed by atoms with van der Waals surface area (Å²) in [5.41, 5.74) is 1.58. The second-order valence-electron chi connectivity index (χ2n) is 4.43. The Bertz CT molecular complexity index is 857. The molecule has 1 heterocycles. The Balaban J connectivity index is 2.09. The van der Waals surface area contributed by atoms with Crippen LogP contribution in [0.4, 0.5) is 0 Å². The molecule has 0 atom stereocenters. The molecule has 4 heteroatoms. The first-order chi connectivity index (χ1) is 9.83. The minimum atomic E-state index is 0.174. The normalized spacial score (nSPS) is 10.1. The summed E-state index contributed by atoms with van der Waals surface area (Å²) in [5.74, 6) is 0. The molecule has 0 N–H and O–H groups in total. The van der Waals surface area contributed by atoms with Gasteiger partial charge in [-0.2, -0.15) is 10.5 Å². The molecule has 0 fully saturated rings. The van der Waals surface area contributed by atoms with Crippen molar-refractivity contribution in [3.05, 3.63) is 65.7 Å². The summed E-state index contributed by atoms with van der Waals surface area (Å²) < 4.78 is 1.71. The van der Waals surface area contributed by atoms with E-state index in [4.69, 9.17) is 10.5 Å². The van der Waals surface area contributed by atoms with Crippen LogP contribution in [0.1, 0.15) is 17.0 Å². The average molecular weight is 258 g/mol. The number of hydrogen-bond donors (Lipinski definition) is 0. The van der Waals surface area contributed by atoms with Gasteiger partial charge in [-0.25, -0.2) is 4.98 Å². The minimum Gasteiger partial charge on any atom is -0.317 e. The predicted octanol–water partition coefficient (Wildman–Crippen LogP) is 2.83. The van der Waals surface area contributed by atoms with Gasteiger partial charge in [0.25, 0.3) is 0 Å². The number of aromatic nitrogens is 2. The topological polar surface area (TPSA) is 65.4 Å².